The first-order valence-corrected chi connectivity index (χ1v) is 10.4. The van der Waals surface area contributed by atoms with Crippen LogP contribution in [0.5, 0.6) is 0 Å². The summed E-state index contributed by atoms with van der Waals surface area (Å²) < 4.78 is 0. The Hall–Kier alpha value is -2.31. The number of anilines is 1. The zero-order valence-corrected chi connectivity index (χ0v) is 17.4. The van der Waals surface area contributed by atoms with E-state index in [4.69, 9.17) is 16.6 Å². The van der Waals surface area contributed by atoms with Gasteiger partial charge in [-0.2, -0.15) is 0 Å². The van der Waals surface area contributed by atoms with E-state index in [-0.39, 0.29) is 18.2 Å². The highest BCUT2D eigenvalue weighted by molar-refractivity contribution is 8.15. The minimum Gasteiger partial charge on any atom is -0.326 e. The van der Waals surface area contributed by atoms with Crippen LogP contribution in [0.15, 0.2) is 53.5 Å². The first-order valence-electron chi connectivity index (χ1n) is 9.15. The number of carbonyl (C=O) groups excluding carboxylic acids is 2. The molecule has 5 nitrogen and oxygen atoms in total. The molecule has 1 fully saturated rings. The van der Waals surface area contributed by atoms with Crippen LogP contribution in [-0.4, -0.2) is 33.7 Å². The number of aryl methyl sites for hydroxylation is 1. The molecule has 0 aromatic heterocycles. The van der Waals surface area contributed by atoms with Crippen LogP contribution >= 0.6 is 23.4 Å². The fourth-order valence-electron chi connectivity index (χ4n) is 2.86. The molecule has 0 unspecified atom stereocenters. The van der Waals surface area contributed by atoms with Crippen molar-refractivity contribution < 1.29 is 9.59 Å². The number of benzene rings is 2. The lowest BCUT2D eigenvalue weighted by Crippen LogP contribution is -2.34. The minimum atomic E-state index is -0.471. The van der Waals surface area contributed by atoms with Crippen molar-refractivity contribution in [1.29, 1.82) is 0 Å². The summed E-state index contributed by atoms with van der Waals surface area (Å²) in [6, 6.07) is 14.7. The van der Waals surface area contributed by atoms with Gasteiger partial charge in [0, 0.05) is 23.7 Å². The van der Waals surface area contributed by atoms with E-state index in [0.717, 1.165) is 17.7 Å². The van der Waals surface area contributed by atoms with Gasteiger partial charge in [0.05, 0.1) is 5.69 Å². The van der Waals surface area contributed by atoms with E-state index in [1.165, 1.54) is 11.8 Å². The molecule has 1 heterocycles. The number of nitrogens with zero attached hydrogens (tertiary/aromatic N) is 2. The quantitative estimate of drug-likeness (QED) is 0.720. The molecule has 0 bridgehead atoms. The second-order valence-corrected chi connectivity index (χ2v) is 8.14. The second-order valence-electron chi connectivity index (χ2n) is 6.54. The number of aliphatic imine (C=N–C) groups is 1. The van der Waals surface area contributed by atoms with E-state index in [9.17, 15) is 9.59 Å². The van der Waals surface area contributed by atoms with Crippen LogP contribution < -0.4 is 5.32 Å². The van der Waals surface area contributed by atoms with Crippen LogP contribution in [0.25, 0.3) is 0 Å². The van der Waals surface area contributed by atoms with E-state index >= 15 is 0 Å². The fourth-order valence-corrected chi connectivity index (χ4v) is 4.16. The number of hydrogen-bond donors (Lipinski definition) is 1. The van der Waals surface area contributed by atoms with E-state index < -0.39 is 5.25 Å². The van der Waals surface area contributed by atoms with Crippen molar-refractivity contribution >= 4 is 51.7 Å². The van der Waals surface area contributed by atoms with Crippen LogP contribution in [0, 0.1) is 6.92 Å². The lowest BCUT2D eigenvalue weighted by atomic mass is 10.2. The predicted molar refractivity (Wildman–Crippen MR) is 116 cm³/mol. The summed E-state index contributed by atoms with van der Waals surface area (Å²) in [6.07, 6.45) is 0.919. The molecule has 2 amide bonds. The van der Waals surface area contributed by atoms with Gasteiger partial charge in [0.15, 0.2) is 5.17 Å². The highest BCUT2D eigenvalue weighted by Crippen LogP contribution is 2.32. The van der Waals surface area contributed by atoms with Crippen molar-refractivity contribution in [1.82, 2.24) is 4.90 Å². The molecule has 1 saturated heterocycles. The minimum absolute atomic E-state index is 0.0644. The average molecular weight is 416 g/mol. The fraction of sp³-hybridized carbons (Fsp3) is 0.286. The molecule has 1 atom stereocenters. The van der Waals surface area contributed by atoms with Crippen molar-refractivity contribution in [2.45, 2.75) is 31.9 Å². The molecule has 1 aliphatic rings. The molecule has 0 saturated carbocycles. The van der Waals surface area contributed by atoms with Gasteiger partial charge in [0.2, 0.25) is 11.8 Å². The predicted octanol–water partition coefficient (Wildman–Crippen LogP) is 5.02. The van der Waals surface area contributed by atoms with E-state index in [2.05, 4.69) is 5.32 Å². The van der Waals surface area contributed by atoms with E-state index in [0.29, 0.717) is 22.4 Å². The molecule has 3 rings (SSSR count). The summed E-state index contributed by atoms with van der Waals surface area (Å²) >= 11 is 7.22. The Morgan fingerprint density at radius 2 is 1.93 bits per heavy atom. The molecule has 7 heteroatoms. The Balaban J connectivity index is 1.73. The van der Waals surface area contributed by atoms with Crippen LogP contribution in [0.1, 0.15) is 25.3 Å². The molecule has 0 aliphatic carbocycles. The van der Waals surface area contributed by atoms with Gasteiger partial charge in [-0.3, -0.25) is 14.5 Å². The third-order valence-corrected chi connectivity index (χ3v) is 5.72. The maximum atomic E-state index is 12.8. The summed E-state index contributed by atoms with van der Waals surface area (Å²) in [7, 11) is 0. The van der Waals surface area contributed by atoms with Crippen LogP contribution in [0.4, 0.5) is 11.4 Å². The lowest BCUT2D eigenvalue weighted by Gasteiger charge is -2.15. The number of carbonyl (C=O) groups is 2. The van der Waals surface area contributed by atoms with Crippen LogP contribution in [-0.2, 0) is 9.59 Å². The highest BCUT2D eigenvalue weighted by Gasteiger charge is 2.38. The van der Waals surface area contributed by atoms with Crippen LogP contribution in [0.2, 0.25) is 5.02 Å². The summed E-state index contributed by atoms with van der Waals surface area (Å²) in [5.74, 6) is -0.271. The van der Waals surface area contributed by atoms with Gasteiger partial charge in [0.1, 0.15) is 5.25 Å². The number of amidine groups is 1. The highest BCUT2D eigenvalue weighted by atomic mass is 35.5. The van der Waals surface area contributed by atoms with Crippen molar-refractivity contribution in [2.24, 2.45) is 4.99 Å². The Morgan fingerprint density at radius 3 is 2.61 bits per heavy atom. The summed E-state index contributed by atoms with van der Waals surface area (Å²) in [6.45, 7) is 4.60. The lowest BCUT2D eigenvalue weighted by molar-refractivity contribution is -0.128. The monoisotopic (exact) mass is 415 g/mol. The standard InChI is InChI=1S/C21H22ClN3O2S/c1-3-12-25-20(27)18(13-19(26)23-16-10-8-15(22)9-11-16)28-21(25)24-17-7-5-4-6-14(17)2/h4-11,18H,3,12-13H2,1-2H3,(H,23,26)/t18-/m1/s1. The van der Waals surface area contributed by atoms with E-state index in [1.54, 1.807) is 29.2 Å². The summed E-state index contributed by atoms with van der Waals surface area (Å²) in [5, 5.41) is 3.61. The van der Waals surface area contributed by atoms with Gasteiger partial charge >= 0.3 is 0 Å². The van der Waals surface area contributed by atoms with Crippen LogP contribution in [0.3, 0.4) is 0 Å². The number of thioether (sulfide) groups is 1. The number of para-hydroxylation sites is 1. The average Bonchev–Trinajstić information content (AvgIpc) is 2.94. The number of rotatable bonds is 6. The van der Waals surface area contributed by atoms with E-state index in [1.807, 2.05) is 38.1 Å². The van der Waals surface area contributed by atoms with Gasteiger partial charge in [-0.15, -0.1) is 0 Å². The first-order chi connectivity index (χ1) is 13.5. The molecule has 1 N–H and O–H groups in total. The van der Waals surface area contributed by atoms with Crippen molar-refractivity contribution in [3.05, 3.63) is 59.1 Å². The topological polar surface area (TPSA) is 61.8 Å². The second kappa shape index (κ2) is 9.26. The maximum absolute atomic E-state index is 12.8. The number of hydrogen-bond acceptors (Lipinski definition) is 4. The molecule has 2 aromatic carbocycles. The maximum Gasteiger partial charge on any atom is 0.242 e. The summed E-state index contributed by atoms with van der Waals surface area (Å²) in [4.78, 5) is 31.6. The molecule has 28 heavy (non-hydrogen) atoms. The molecule has 0 radical (unpaired) electrons. The molecule has 146 valence electrons. The molecule has 1 aliphatic heterocycles. The normalized spacial score (nSPS) is 18.0. The number of halogens is 1. The van der Waals surface area contributed by atoms with Gasteiger partial charge in [0.25, 0.3) is 0 Å². The van der Waals surface area contributed by atoms with Crippen molar-refractivity contribution in [2.75, 3.05) is 11.9 Å². The molecule has 0 spiro atoms. The van der Waals surface area contributed by atoms with Crippen molar-refractivity contribution in [3.63, 3.8) is 0 Å². The zero-order chi connectivity index (χ0) is 20.1. The van der Waals surface area contributed by atoms with Gasteiger partial charge in [-0.05, 0) is 49.2 Å². The van der Waals surface area contributed by atoms with Crippen molar-refractivity contribution in [3.8, 4) is 0 Å². The Bertz CT molecular complexity index is 899. The molecule has 2 aromatic rings. The largest absolute Gasteiger partial charge is 0.326 e. The summed E-state index contributed by atoms with van der Waals surface area (Å²) in [5.41, 5.74) is 2.54. The van der Waals surface area contributed by atoms with Gasteiger partial charge in [-0.25, -0.2) is 4.99 Å². The molecular weight excluding hydrogens is 394 g/mol. The third-order valence-electron chi connectivity index (χ3n) is 4.30. The Labute approximate surface area is 174 Å². The smallest absolute Gasteiger partial charge is 0.242 e. The Morgan fingerprint density at radius 1 is 1.21 bits per heavy atom. The SMILES string of the molecule is CCCN1C(=O)[C@@H](CC(=O)Nc2ccc(Cl)cc2)SC1=Nc1ccccc1C. The Kier molecular flexibility index (Phi) is 6.75. The first kappa shape index (κ1) is 20.4. The van der Waals surface area contributed by atoms with Gasteiger partial charge in [-0.1, -0.05) is 48.5 Å². The third kappa shape index (κ3) is 4.94. The molecular formula is C21H22ClN3O2S. The van der Waals surface area contributed by atoms with Gasteiger partial charge < -0.3 is 5.32 Å². The zero-order valence-electron chi connectivity index (χ0n) is 15.8. The number of amides is 2. The number of nitrogens with one attached hydrogen (secondary N) is 1.